The molecule has 0 aliphatic heterocycles. The Bertz CT molecular complexity index is 520. The van der Waals surface area contributed by atoms with Crippen molar-refractivity contribution in [2.75, 3.05) is 17.7 Å². The van der Waals surface area contributed by atoms with Crippen molar-refractivity contribution in [3.8, 4) is 0 Å². The molecule has 2 N–H and O–H groups in total. The zero-order valence-corrected chi connectivity index (χ0v) is 11.6. The Balaban J connectivity index is 1.98. The number of nitrogens with zero attached hydrogens (tertiary/aromatic N) is 2. The summed E-state index contributed by atoms with van der Waals surface area (Å²) in [4.78, 5) is 8.48. The molecule has 1 aromatic heterocycles. The number of rotatable bonds is 5. The van der Waals surface area contributed by atoms with Gasteiger partial charge in [-0.25, -0.2) is 4.98 Å². The summed E-state index contributed by atoms with van der Waals surface area (Å²) >= 11 is 0. The molecule has 0 aliphatic rings. The molecule has 1 aromatic carbocycles. The summed E-state index contributed by atoms with van der Waals surface area (Å²) < 4.78 is 0. The molecule has 2 rings (SSSR count). The zero-order chi connectivity index (χ0) is 13.7. The quantitative estimate of drug-likeness (QED) is 0.862. The first-order valence-electron chi connectivity index (χ1n) is 6.51. The van der Waals surface area contributed by atoms with Gasteiger partial charge in [0, 0.05) is 13.6 Å². The molecule has 0 spiro atoms. The molecular weight excluding hydrogens is 236 g/mol. The largest absolute Gasteiger partial charge is 0.372 e. The third kappa shape index (κ3) is 3.68. The molecule has 0 atom stereocenters. The molecule has 1 heterocycles. The van der Waals surface area contributed by atoms with Crippen LogP contribution in [0.25, 0.3) is 0 Å². The maximum atomic E-state index is 4.37. The first-order valence-corrected chi connectivity index (χ1v) is 6.51. The van der Waals surface area contributed by atoms with Crippen molar-refractivity contribution in [2.24, 2.45) is 0 Å². The van der Waals surface area contributed by atoms with Crippen LogP contribution in [0.15, 0.2) is 36.7 Å². The van der Waals surface area contributed by atoms with Gasteiger partial charge < -0.3 is 10.6 Å². The SMILES string of the molecule is CNc1cncc(NCc2ccc(C(C)C)cc2)n1. The molecule has 0 unspecified atom stereocenters. The van der Waals surface area contributed by atoms with Crippen LogP contribution in [-0.4, -0.2) is 17.0 Å². The molecule has 100 valence electrons. The van der Waals surface area contributed by atoms with Gasteiger partial charge in [-0.2, -0.15) is 0 Å². The molecule has 0 aliphatic carbocycles. The Morgan fingerprint density at radius 3 is 2.37 bits per heavy atom. The molecule has 4 heteroatoms. The first kappa shape index (κ1) is 13.3. The van der Waals surface area contributed by atoms with Gasteiger partial charge in [0.15, 0.2) is 0 Å². The smallest absolute Gasteiger partial charge is 0.147 e. The summed E-state index contributed by atoms with van der Waals surface area (Å²) in [7, 11) is 1.83. The summed E-state index contributed by atoms with van der Waals surface area (Å²) in [6, 6.07) is 8.66. The van der Waals surface area contributed by atoms with E-state index in [2.05, 4.69) is 58.7 Å². The van der Waals surface area contributed by atoms with Gasteiger partial charge in [-0.1, -0.05) is 38.1 Å². The van der Waals surface area contributed by atoms with Gasteiger partial charge in [0.1, 0.15) is 11.6 Å². The Labute approximate surface area is 114 Å². The van der Waals surface area contributed by atoms with E-state index in [9.17, 15) is 0 Å². The van der Waals surface area contributed by atoms with Gasteiger partial charge in [-0.3, -0.25) is 4.98 Å². The number of anilines is 2. The molecule has 19 heavy (non-hydrogen) atoms. The Morgan fingerprint density at radius 2 is 1.74 bits per heavy atom. The summed E-state index contributed by atoms with van der Waals surface area (Å²) in [5, 5.41) is 6.24. The molecule has 0 amide bonds. The average molecular weight is 256 g/mol. The van der Waals surface area contributed by atoms with Gasteiger partial charge in [0.25, 0.3) is 0 Å². The van der Waals surface area contributed by atoms with Gasteiger partial charge in [-0.15, -0.1) is 0 Å². The fourth-order valence-corrected chi connectivity index (χ4v) is 1.78. The molecule has 0 bridgehead atoms. The second-order valence-corrected chi connectivity index (χ2v) is 4.79. The van der Waals surface area contributed by atoms with Gasteiger partial charge >= 0.3 is 0 Å². The summed E-state index contributed by atoms with van der Waals surface area (Å²) in [6.45, 7) is 5.15. The second-order valence-electron chi connectivity index (χ2n) is 4.79. The van der Waals surface area contributed by atoms with E-state index < -0.39 is 0 Å². The van der Waals surface area contributed by atoms with E-state index in [4.69, 9.17) is 0 Å². The lowest BCUT2D eigenvalue weighted by Gasteiger charge is -2.09. The van der Waals surface area contributed by atoms with Crippen molar-refractivity contribution in [1.29, 1.82) is 0 Å². The van der Waals surface area contributed by atoms with Crippen LogP contribution in [0.2, 0.25) is 0 Å². The van der Waals surface area contributed by atoms with Gasteiger partial charge in [-0.05, 0) is 17.0 Å². The standard InChI is InChI=1S/C15H20N4/c1-11(2)13-6-4-12(5-7-13)8-18-15-10-17-9-14(16-3)19-15/h4-7,9-11H,8H2,1-3H3,(H2,16,18,19). The van der Waals surface area contributed by atoms with E-state index in [-0.39, 0.29) is 0 Å². The Morgan fingerprint density at radius 1 is 1.05 bits per heavy atom. The highest BCUT2D eigenvalue weighted by Crippen LogP contribution is 2.15. The monoisotopic (exact) mass is 256 g/mol. The number of nitrogens with one attached hydrogen (secondary N) is 2. The molecule has 0 radical (unpaired) electrons. The average Bonchev–Trinajstić information content (AvgIpc) is 2.46. The molecule has 0 saturated carbocycles. The molecule has 0 saturated heterocycles. The van der Waals surface area contributed by atoms with Crippen LogP contribution in [0.1, 0.15) is 30.9 Å². The lowest BCUT2D eigenvalue weighted by molar-refractivity contribution is 0.865. The van der Waals surface area contributed by atoms with Crippen LogP contribution in [0.4, 0.5) is 11.6 Å². The predicted molar refractivity (Wildman–Crippen MR) is 79.4 cm³/mol. The molecule has 0 fully saturated rings. The second kappa shape index (κ2) is 6.18. The zero-order valence-electron chi connectivity index (χ0n) is 11.6. The van der Waals surface area contributed by atoms with Crippen molar-refractivity contribution in [2.45, 2.75) is 26.3 Å². The van der Waals surface area contributed by atoms with E-state index in [1.54, 1.807) is 12.4 Å². The van der Waals surface area contributed by atoms with Gasteiger partial charge in [0.2, 0.25) is 0 Å². The summed E-state index contributed by atoms with van der Waals surface area (Å²) in [5.41, 5.74) is 2.60. The number of hydrogen-bond acceptors (Lipinski definition) is 4. The van der Waals surface area contributed by atoms with E-state index in [0.717, 1.165) is 18.2 Å². The fraction of sp³-hybridized carbons (Fsp3) is 0.333. The maximum Gasteiger partial charge on any atom is 0.147 e. The van der Waals surface area contributed by atoms with E-state index >= 15 is 0 Å². The highest BCUT2D eigenvalue weighted by molar-refractivity contribution is 5.41. The normalized spacial score (nSPS) is 10.5. The summed E-state index contributed by atoms with van der Waals surface area (Å²) in [6.07, 6.45) is 3.42. The van der Waals surface area contributed by atoms with Crippen molar-refractivity contribution < 1.29 is 0 Å². The van der Waals surface area contributed by atoms with Crippen molar-refractivity contribution in [3.63, 3.8) is 0 Å². The Hall–Kier alpha value is -2.10. The van der Waals surface area contributed by atoms with Crippen molar-refractivity contribution in [3.05, 3.63) is 47.8 Å². The van der Waals surface area contributed by atoms with Crippen LogP contribution in [-0.2, 0) is 6.54 Å². The fourth-order valence-electron chi connectivity index (χ4n) is 1.78. The summed E-state index contributed by atoms with van der Waals surface area (Å²) in [5.74, 6) is 2.11. The third-order valence-corrected chi connectivity index (χ3v) is 3.01. The van der Waals surface area contributed by atoms with Crippen LogP contribution < -0.4 is 10.6 Å². The topological polar surface area (TPSA) is 49.8 Å². The van der Waals surface area contributed by atoms with E-state index in [0.29, 0.717) is 5.92 Å². The number of hydrogen-bond donors (Lipinski definition) is 2. The van der Waals surface area contributed by atoms with Crippen LogP contribution >= 0.6 is 0 Å². The lowest BCUT2D eigenvalue weighted by atomic mass is 10.0. The molecule has 4 nitrogen and oxygen atoms in total. The van der Waals surface area contributed by atoms with Crippen LogP contribution in [0.5, 0.6) is 0 Å². The predicted octanol–water partition coefficient (Wildman–Crippen LogP) is 3.25. The molecule has 2 aromatic rings. The number of benzene rings is 1. The highest BCUT2D eigenvalue weighted by Gasteiger charge is 2.00. The van der Waals surface area contributed by atoms with Crippen LogP contribution in [0, 0.1) is 0 Å². The van der Waals surface area contributed by atoms with Crippen molar-refractivity contribution in [1.82, 2.24) is 9.97 Å². The minimum absolute atomic E-state index is 0.570. The maximum absolute atomic E-state index is 4.37. The van der Waals surface area contributed by atoms with Gasteiger partial charge in [0.05, 0.1) is 12.4 Å². The third-order valence-electron chi connectivity index (χ3n) is 3.01. The van der Waals surface area contributed by atoms with E-state index in [1.165, 1.54) is 11.1 Å². The molecular formula is C15H20N4. The minimum Gasteiger partial charge on any atom is -0.372 e. The minimum atomic E-state index is 0.570. The highest BCUT2D eigenvalue weighted by atomic mass is 15.1. The van der Waals surface area contributed by atoms with Crippen LogP contribution in [0.3, 0.4) is 0 Å². The lowest BCUT2D eigenvalue weighted by Crippen LogP contribution is -2.03. The number of aromatic nitrogens is 2. The first-order chi connectivity index (χ1) is 9.19. The van der Waals surface area contributed by atoms with Crippen molar-refractivity contribution >= 4 is 11.6 Å². The van der Waals surface area contributed by atoms with E-state index in [1.807, 2.05) is 7.05 Å². The Kier molecular flexibility index (Phi) is 4.34.